The van der Waals surface area contributed by atoms with Gasteiger partial charge in [-0.3, -0.25) is 0 Å². The molecule has 3 nitrogen and oxygen atoms in total. The summed E-state index contributed by atoms with van der Waals surface area (Å²) in [5.74, 6) is 2.45. The highest BCUT2D eigenvalue weighted by atomic mass is 32.2. The number of nitrogens with zero attached hydrogens (tertiary/aromatic N) is 2. The van der Waals surface area contributed by atoms with Crippen LogP contribution >= 0.6 is 11.8 Å². The first-order valence-electron chi connectivity index (χ1n) is 6.88. The topological polar surface area (TPSA) is 38.9 Å². The lowest BCUT2D eigenvalue weighted by Crippen LogP contribution is -2.13. The predicted molar refractivity (Wildman–Crippen MR) is 83.9 cm³/mol. The van der Waals surface area contributed by atoms with Crippen molar-refractivity contribution in [3.8, 4) is 0 Å². The second kappa shape index (κ2) is 6.00. The van der Waals surface area contributed by atoms with Crippen LogP contribution in [0.5, 0.6) is 0 Å². The fourth-order valence-electron chi connectivity index (χ4n) is 1.76. The van der Waals surface area contributed by atoms with Gasteiger partial charge in [0.15, 0.2) is 5.82 Å². The van der Waals surface area contributed by atoms with Crippen LogP contribution in [0.4, 0.5) is 0 Å². The van der Waals surface area contributed by atoms with Crippen LogP contribution in [0.1, 0.15) is 55.8 Å². The van der Waals surface area contributed by atoms with E-state index < -0.39 is 0 Å². The lowest BCUT2D eigenvalue weighted by Gasteiger charge is -2.11. The molecule has 0 N–H and O–H groups in total. The van der Waals surface area contributed by atoms with E-state index >= 15 is 0 Å². The highest BCUT2D eigenvalue weighted by Crippen LogP contribution is 2.32. The van der Waals surface area contributed by atoms with Crippen LogP contribution in [-0.2, 0) is 11.2 Å². The third-order valence-electron chi connectivity index (χ3n) is 3.21. The lowest BCUT2D eigenvalue weighted by molar-refractivity contribution is 0.364. The molecular weight excluding hydrogens is 268 g/mol. The van der Waals surface area contributed by atoms with E-state index in [1.165, 1.54) is 11.1 Å². The minimum Gasteiger partial charge on any atom is -0.338 e. The first-order valence-corrected chi connectivity index (χ1v) is 7.93. The Bertz CT molecular complexity index is 572. The summed E-state index contributed by atoms with van der Waals surface area (Å²) in [5, 5.41) is 4.29. The monoisotopic (exact) mass is 290 g/mol. The molecular formula is C16H22N2OS. The molecule has 0 radical (unpaired) electrons. The van der Waals surface area contributed by atoms with E-state index in [1.807, 2.05) is 11.8 Å². The Morgan fingerprint density at radius 1 is 1.25 bits per heavy atom. The second-order valence-corrected chi connectivity index (χ2v) is 7.42. The van der Waals surface area contributed by atoms with E-state index in [2.05, 4.69) is 69.0 Å². The minimum atomic E-state index is -0.0673. The van der Waals surface area contributed by atoms with Gasteiger partial charge in [0, 0.05) is 11.2 Å². The summed E-state index contributed by atoms with van der Waals surface area (Å²) in [6, 6.07) is 8.47. The Kier molecular flexibility index (Phi) is 4.53. The summed E-state index contributed by atoms with van der Waals surface area (Å²) in [6.45, 7) is 10.5. The Morgan fingerprint density at radius 2 is 1.95 bits per heavy atom. The molecule has 0 fully saturated rings. The lowest BCUT2D eigenvalue weighted by atomic mass is 9.96. The van der Waals surface area contributed by atoms with Crippen molar-refractivity contribution in [2.45, 2.75) is 51.0 Å². The van der Waals surface area contributed by atoms with E-state index in [-0.39, 0.29) is 10.7 Å². The predicted octanol–water partition coefficient (Wildman–Crippen LogP) is 4.67. The van der Waals surface area contributed by atoms with Crippen LogP contribution in [0, 0.1) is 6.92 Å². The summed E-state index contributed by atoms with van der Waals surface area (Å²) in [5.41, 5.74) is 2.62. The van der Waals surface area contributed by atoms with Gasteiger partial charge in [-0.1, -0.05) is 50.2 Å². The normalized spacial score (nSPS) is 13.4. The van der Waals surface area contributed by atoms with Gasteiger partial charge in [0.05, 0.1) is 5.25 Å². The molecule has 2 aromatic rings. The van der Waals surface area contributed by atoms with E-state index in [0.29, 0.717) is 5.89 Å². The number of hydrogen-bond acceptors (Lipinski definition) is 4. The van der Waals surface area contributed by atoms with Gasteiger partial charge in [-0.2, -0.15) is 4.98 Å². The van der Waals surface area contributed by atoms with Gasteiger partial charge in [-0.05, 0) is 25.0 Å². The smallest absolute Gasteiger partial charge is 0.239 e. The van der Waals surface area contributed by atoms with Gasteiger partial charge in [-0.15, -0.1) is 11.8 Å². The van der Waals surface area contributed by atoms with Gasteiger partial charge < -0.3 is 4.52 Å². The molecule has 1 aromatic carbocycles. The Labute approximate surface area is 125 Å². The molecule has 1 atom stereocenters. The van der Waals surface area contributed by atoms with Crippen molar-refractivity contribution in [1.29, 1.82) is 0 Å². The van der Waals surface area contributed by atoms with Crippen molar-refractivity contribution in [1.82, 2.24) is 10.1 Å². The van der Waals surface area contributed by atoms with Crippen LogP contribution < -0.4 is 0 Å². The van der Waals surface area contributed by atoms with Gasteiger partial charge in [0.2, 0.25) is 5.89 Å². The Morgan fingerprint density at radius 3 is 2.55 bits per heavy atom. The number of hydrogen-bond donors (Lipinski definition) is 0. The fraction of sp³-hybridized carbons (Fsp3) is 0.500. The van der Waals surface area contributed by atoms with E-state index in [4.69, 9.17) is 4.52 Å². The number of thioether (sulfide) groups is 1. The first-order chi connectivity index (χ1) is 9.38. The summed E-state index contributed by atoms with van der Waals surface area (Å²) >= 11 is 1.82. The third-order valence-corrected chi connectivity index (χ3v) is 4.39. The zero-order valence-corrected chi connectivity index (χ0v) is 13.6. The molecule has 0 aliphatic heterocycles. The van der Waals surface area contributed by atoms with Gasteiger partial charge in [0.1, 0.15) is 0 Å². The van der Waals surface area contributed by atoms with Crippen LogP contribution in [0.3, 0.4) is 0 Å². The van der Waals surface area contributed by atoms with Crippen molar-refractivity contribution >= 4 is 11.8 Å². The minimum absolute atomic E-state index is 0.0673. The number of aryl methyl sites for hydroxylation is 1. The fourth-order valence-corrected chi connectivity index (χ4v) is 2.75. The highest BCUT2D eigenvalue weighted by Gasteiger charge is 2.23. The molecule has 0 aliphatic rings. The largest absolute Gasteiger partial charge is 0.338 e. The summed E-state index contributed by atoms with van der Waals surface area (Å²) in [6.07, 6.45) is 0. The molecule has 0 spiro atoms. The molecule has 0 bridgehead atoms. The molecule has 2 rings (SSSR count). The van der Waals surface area contributed by atoms with Crippen molar-refractivity contribution in [3.63, 3.8) is 0 Å². The SMILES string of the molecule is Cc1ccccc1CSC(C)c1nc(C(C)(C)C)no1. The van der Waals surface area contributed by atoms with Gasteiger partial charge in [0.25, 0.3) is 0 Å². The molecule has 0 saturated carbocycles. The average molecular weight is 290 g/mol. The van der Waals surface area contributed by atoms with Crippen LogP contribution in [0.15, 0.2) is 28.8 Å². The molecule has 108 valence electrons. The summed E-state index contributed by atoms with van der Waals surface area (Å²) in [7, 11) is 0. The first kappa shape index (κ1) is 15.1. The van der Waals surface area contributed by atoms with Crippen molar-refractivity contribution < 1.29 is 4.52 Å². The molecule has 1 aromatic heterocycles. The van der Waals surface area contributed by atoms with Crippen molar-refractivity contribution in [2.75, 3.05) is 0 Å². The third kappa shape index (κ3) is 3.63. The van der Waals surface area contributed by atoms with E-state index in [9.17, 15) is 0 Å². The Hall–Kier alpha value is -1.29. The molecule has 1 unspecified atom stereocenters. The number of rotatable bonds is 4. The maximum absolute atomic E-state index is 5.39. The number of aromatic nitrogens is 2. The van der Waals surface area contributed by atoms with Gasteiger partial charge in [-0.25, -0.2) is 0 Å². The molecule has 20 heavy (non-hydrogen) atoms. The van der Waals surface area contributed by atoms with E-state index in [1.54, 1.807) is 0 Å². The maximum Gasteiger partial charge on any atom is 0.239 e. The molecule has 1 heterocycles. The molecule has 0 amide bonds. The average Bonchev–Trinajstić information content (AvgIpc) is 2.87. The van der Waals surface area contributed by atoms with Crippen LogP contribution in [0.25, 0.3) is 0 Å². The quantitative estimate of drug-likeness (QED) is 0.820. The van der Waals surface area contributed by atoms with E-state index in [0.717, 1.165) is 11.6 Å². The van der Waals surface area contributed by atoms with Crippen molar-refractivity contribution in [2.24, 2.45) is 0 Å². The van der Waals surface area contributed by atoms with Gasteiger partial charge >= 0.3 is 0 Å². The zero-order valence-electron chi connectivity index (χ0n) is 12.8. The molecule has 4 heteroatoms. The van der Waals surface area contributed by atoms with Crippen LogP contribution in [-0.4, -0.2) is 10.1 Å². The second-order valence-electron chi connectivity index (χ2n) is 6.09. The maximum atomic E-state index is 5.39. The standard InChI is InChI=1S/C16H22N2OS/c1-11-8-6-7-9-13(11)10-20-12(2)14-17-15(18-19-14)16(3,4)5/h6-9,12H,10H2,1-5H3. The highest BCUT2D eigenvalue weighted by molar-refractivity contribution is 7.98. The molecule has 0 aliphatic carbocycles. The van der Waals surface area contributed by atoms with Crippen molar-refractivity contribution in [3.05, 3.63) is 47.1 Å². The summed E-state index contributed by atoms with van der Waals surface area (Å²) < 4.78 is 5.39. The molecule has 0 saturated heterocycles. The van der Waals surface area contributed by atoms with Crippen LogP contribution in [0.2, 0.25) is 0 Å². The summed E-state index contributed by atoms with van der Waals surface area (Å²) in [4.78, 5) is 4.52. The number of benzene rings is 1. The zero-order chi connectivity index (χ0) is 14.8. The Balaban J connectivity index is 2.00.